The van der Waals surface area contributed by atoms with Crippen LogP contribution in [0, 0.1) is 11.8 Å². The smallest absolute Gasteiger partial charge is 0.255 e. The average molecular weight is 300 g/mol. The van der Waals surface area contributed by atoms with Crippen LogP contribution >= 0.6 is 11.3 Å². The van der Waals surface area contributed by atoms with Gasteiger partial charge < -0.3 is 15.8 Å². The maximum atomic E-state index is 12.1. The second kappa shape index (κ2) is 7.48. The first-order valence-corrected chi connectivity index (χ1v) is 7.25. The molecule has 0 spiro atoms. The summed E-state index contributed by atoms with van der Waals surface area (Å²) < 4.78 is 5.18. The number of hydrogen-bond acceptors (Lipinski definition) is 4. The highest BCUT2D eigenvalue weighted by Gasteiger charge is 2.11. The van der Waals surface area contributed by atoms with E-state index in [-0.39, 0.29) is 5.91 Å². The standard InChI is InChI=1S/C16H16N2O2S/c1-20-15-7-3-2-6-14(15)16(19)18-11-13-9-8-12(21-13)5-4-10-17/h2-3,6-9H,10-11,17H2,1H3,(H,18,19). The van der Waals surface area contributed by atoms with Gasteiger partial charge in [0, 0.05) is 4.88 Å². The second-order valence-corrected chi connectivity index (χ2v) is 5.32. The number of ether oxygens (including phenoxy) is 1. The molecule has 0 fully saturated rings. The molecule has 0 radical (unpaired) electrons. The van der Waals surface area contributed by atoms with Crippen molar-refractivity contribution in [2.24, 2.45) is 5.73 Å². The number of methoxy groups -OCH3 is 1. The molecule has 0 saturated heterocycles. The molecular weight excluding hydrogens is 284 g/mol. The molecule has 0 aliphatic rings. The van der Waals surface area contributed by atoms with Gasteiger partial charge >= 0.3 is 0 Å². The van der Waals surface area contributed by atoms with Gasteiger partial charge in [-0.05, 0) is 24.3 Å². The lowest BCUT2D eigenvalue weighted by molar-refractivity contribution is 0.0948. The third-order valence-electron chi connectivity index (χ3n) is 2.75. The Balaban J connectivity index is 1.99. The van der Waals surface area contributed by atoms with Crippen molar-refractivity contribution in [3.63, 3.8) is 0 Å². The quantitative estimate of drug-likeness (QED) is 0.849. The molecule has 108 valence electrons. The number of amides is 1. The van der Waals surface area contributed by atoms with Crippen molar-refractivity contribution in [2.75, 3.05) is 13.7 Å². The van der Waals surface area contributed by atoms with E-state index in [9.17, 15) is 4.79 Å². The molecule has 1 aromatic carbocycles. The van der Waals surface area contributed by atoms with Crippen molar-refractivity contribution in [1.29, 1.82) is 0 Å². The molecule has 0 aliphatic heterocycles. The van der Waals surface area contributed by atoms with Gasteiger partial charge in [0.25, 0.3) is 5.91 Å². The van der Waals surface area contributed by atoms with Crippen LogP contribution in [0.3, 0.4) is 0 Å². The van der Waals surface area contributed by atoms with E-state index in [1.54, 1.807) is 30.6 Å². The zero-order chi connectivity index (χ0) is 15.1. The molecular formula is C16H16N2O2S. The molecule has 3 N–H and O–H groups in total. The Labute approximate surface area is 127 Å². The minimum Gasteiger partial charge on any atom is -0.496 e. The van der Waals surface area contributed by atoms with E-state index in [2.05, 4.69) is 17.2 Å². The molecule has 0 atom stereocenters. The second-order valence-electron chi connectivity index (χ2n) is 4.15. The zero-order valence-corrected chi connectivity index (χ0v) is 12.5. The molecule has 1 aromatic heterocycles. The van der Waals surface area contributed by atoms with Crippen LogP contribution in [0.2, 0.25) is 0 Å². The summed E-state index contributed by atoms with van der Waals surface area (Å²) >= 11 is 1.54. The molecule has 21 heavy (non-hydrogen) atoms. The molecule has 2 rings (SSSR count). The fraction of sp³-hybridized carbons (Fsp3) is 0.188. The molecule has 0 aliphatic carbocycles. The van der Waals surface area contributed by atoms with Crippen LogP contribution in [0.4, 0.5) is 0 Å². The van der Waals surface area contributed by atoms with Crippen LogP contribution in [0.5, 0.6) is 5.75 Å². The summed E-state index contributed by atoms with van der Waals surface area (Å²) in [6, 6.07) is 11.0. The van der Waals surface area contributed by atoms with Gasteiger partial charge in [0.05, 0.1) is 30.6 Å². The Hall–Kier alpha value is -2.29. The molecule has 1 heterocycles. The summed E-state index contributed by atoms with van der Waals surface area (Å²) in [5.41, 5.74) is 5.86. The van der Waals surface area contributed by atoms with E-state index in [1.807, 2.05) is 24.3 Å². The lowest BCUT2D eigenvalue weighted by Gasteiger charge is -2.08. The van der Waals surface area contributed by atoms with Crippen molar-refractivity contribution in [1.82, 2.24) is 5.32 Å². The summed E-state index contributed by atoms with van der Waals surface area (Å²) in [6.07, 6.45) is 0. The summed E-state index contributed by atoms with van der Waals surface area (Å²) in [7, 11) is 1.55. The monoisotopic (exact) mass is 300 g/mol. The normalized spacial score (nSPS) is 9.62. The summed E-state index contributed by atoms with van der Waals surface area (Å²) in [5.74, 6) is 6.19. The van der Waals surface area contributed by atoms with Crippen molar-refractivity contribution in [3.05, 3.63) is 51.7 Å². The SMILES string of the molecule is COc1ccccc1C(=O)NCc1ccc(C#CCN)s1. The number of carbonyl (C=O) groups is 1. The fourth-order valence-electron chi connectivity index (χ4n) is 1.77. The number of para-hydroxylation sites is 1. The van der Waals surface area contributed by atoms with Gasteiger partial charge in [-0.25, -0.2) is 0 Å². The molecule has 5 heteroatoms. The molecule has 2 aromatic rings. The Morgan fingerprint density at radius 2 is 2.14 bits per heavy atom. The number of benzene rings is 1. The van der Waals surface area contributed by atoms with Crippen LogP contribution in [-0.2, 0) is 6.54 Å². The first kappa shape index (κ1) is 15.1. The highest BCUT2D eigenvalue weighted by atomic mass is 32.1. The van der Waals surface area contributed by atoms with Crippen molar-refractivity contribution in [2.45, 2.75) is 6.54 Å². The lowest BCUT2D eigenvalue weighted by Crippen LogP contribution is -2.22. The van der Waals surface area contributed by atoms with Gasteiger partial charge in [0.2, 0.25) is 0 Å². The molecule has 0 bridgehead atoms. The van der Waals surface area contributed by atoms with Crippen molar-refractivity contribution >= 4 is 17.2 Å². The van der Waals surface area contributed by atoms with E-state index in [4.69, 9.17) is 10.5 Å². The van der Waals surface area contributed by atoms with Crippen molar-refractivity contribution in [3.8, 4) is 17.6 Å². The van der Waals surface area contributed by atoms with E-state index in [0.29, 0.717) is 24.4 Å². The van der Waals surface area contributed by atoms with Crippen LogP contribution in [0.1, 0.15) is 20.1 Å². The van der Waals surface area contributed by atoms with Crippen LogP contribution < -0.4 is 15.8 Å². The van der Waals surface area contributed by atoms with E-state index in [1.165, 1.54) is 0 Å². The molecule has 1 amide bonds. The number of carbonyl (C=O) groups excluding carboxylic acids is 1. The van der Waals surface area contributed by atoms with Crippen LogP contribution in [-0.4, -0.2) is 19.6 Å². The Bertz CT molecular complexity index is 683. The largest absolute Gasteiger partial charge is 0.496 e. The number of rotatable bonds is 4. The summed E-state index contributed by atoms with van der Waals surface area (Å²) in [4.78, 5) is 14.1. The van der Waals surface area contributed by atoms with Gasteiger partial charge in [0.1, 0.15) is 5.75 Å². The molecule has 0 unspecified atom stereocenters. The Kier molecular flexibility index (Phi) is 5.38. The summed E-state index contributed by atoms with van der Waals surface area (Å²) in [5, 5.41) is 2.88. The fourth-order valence-corrected chi connectivity index (χ4v) is 2.60. The van der Waals surface area contributed by atoms with Gasteiger partial charge in [-0.2, -0.15) is 0 Å². The Morgan fingerprint density at radius 1 is 1.33 bits per heavy atom. The van der Waals surface area contributed by atoms with Gasteiger partial charge in [0.15, 0.2) is 0 Å². The van der Waals surface area contributed by atoms with E-state index >= 15 is 0 Å². The van der Waals surface area contributed by atoms with Gasteiger partial charge in [-0.3, -0.25) is 4.79 Å². The zero-order valence-electron chi connectivity index (χ0n) is 11.7. The Morgan fingerprint density at radius 3 is 2.90 bits per heavy atom. The third kappa shape index (κ3) is 4.09. The van der Waals surface area contributed by atoms with E-state index in [0.717, 1.165) is 9.75 Å². The van der Waals surface area contributed by atoms with Gasteiger partial charge in [-0.1, -0.05) is 24.0 Å². The van der Waals surface area contributed by atoms with E-state index < -0.39 is 0 Å². The average Bonchev–Trinajstić information content (AvgIpc) is 2.98. The minimum atomic E-state index is -0.157. The van der Waals surface area contributed by atoms with Crippen LogP contribution in [0.25, 0.3) is 0 Å². The minimum absolute atomic E-state index is 0.157. The van der Waals surface area contributed by atoms with Crippen molar-refractivity contribution < 1.29 is 9.53 Å². The summed E-state index contributed by atoms with van der Waals surface area (Å²) in [6.45, 7) is 0.809. The number of nitrogens with two attached hydrogens (primary N) is 1. The number of hydrogen-bond donors (Lipinski definition) is 2. The van der Waals surface area contributed by atoms with Crippen LogP contribution in [0.15, 0.2) is 36.4 Å². The first-order chi connectivity index (χ1) is 10.2. The number of thiophene rings is 1. The predicted octanol–water partition coefficient (Wildman–Crippen LogP) is 2.00. The third-order valence-corrected chi connectivity index (χ3v) is 3.75. The lowest BCUT2D eigenvalue weighted by atomic mass is 10.2. The predicted molar refractivity (Wildman–Crippen MR) is 84.4 cm³/mol. The highest BCUT2D eigenvalue weighted by molar-refractivity contribution is 7.12. The van der Waals surface area contributed by atoms with Gasteiger partial charge in [-0.15, -0.1) is 11.3 Å². The highest BCUT2D eigenvalue weighted by Crippen LogP contribution is 2.18. The first-order valence-electron chi connectivity index (χ1n) is 6.43. The maximum Gasteiger partial charge on any atom is 0.255 e. The molecule has 4 nitrogen and oxygen atoms in total. The maximum absolute atomic E-state index is 12.1. The number of nitrogens with one attached hydrogen (secondary N) is 1. The molecule has 0 saturated carbocycles. The topological polar surface area (TPSA) is 64.3 Å².